The number of hydrogen-bond acceptors (Lipinski definition) is 2. The highest BCUT2D eigenvalue weighted by molar-refractivity contribution is 5.77. The molecule has 0 spiro atoms. The van der Waals surface area contributed by atoms with Crippen molar-refractivity contribution < 1.29 is 4.79 Å². The second kappa shape index (κ2) is 7.96. The summed E-state index contributed by atoms with van der Waals surface area (Å²) in [6.07, 6.45) is 3.81. The van der Waals surface area contributed by atoms with Crippen LogP contribution in [0.2, 0.25) is 0 Å². The minimum absolute atomic E-state index is 0.0672. The lowest BCUT2D eigenvalue weighted by Gasteiger charge is -2.40. The normalized spacial score (nSPS) is 22.2. The van der Waals surface area contributed by atoms with Crippen molar-refractivity contribution in [2.75, 3.05) is 6.54 Å². The molecule has 1 aromatic rings. The summed E-state index contributed by atoms with van der Waals surface area (Å²) in [5.41, 5.74) is 1.39. The van der Waals surface area contributed by atoms with Gasteiger partial charge in [-0.2, -0.15) is 0 Å². The Labute approximate surface area is 141 Å². The molecule has 128 valence electrons. The molecule has 1 saturated heterocycles. The van der Waals surface area contributed by atoms with Gasteiger partial charge in [-0.3, -0.25) is 4.79 Å². The van der Waals surface area contributed by atoms with Gasteiger partial charge in [-0.1, -0.05) is 58.0 Å². The van der Waals surface area contributed by atoms with E-state index in [1.54, 1.807) is 0 Å². The average Bonchev–Trinajstić information content (AvgIpc) is 2.52. The van der Waals surface area contributed by atoms with Gasteiger partial charge >= 0.3 is 0 Å². The average molecular weight is 316 g/mol. The van der Waals surface area contributed by atoms with E-state index in [0.29, 0.717) is 24.4 Å². The topological polar surface area (TPSA) is 32.3 Å². The van der Waals surface area contributed by atoms with Gasteiger partial charge in [0.1, 0.15) is 0 Å². The van der Waals surface area contributed by atoms with Crippen molar-refractivity contribution in [1.29, 1.82) is 0 Å². The van der Waals surface area contributed by atoms with Crippen LogP contribution in [0.3, 0.4) is 0 Å². The van der Waals surface area contributed by atoms with E-state index in [1.807, 2.05) is 0 Å². The third-order valence-electron chi connectivity index (χ3n) is 4.63. The fraction of sp³-hybridized carbons (Fsp3) is 0.650. The lowest BCUT2D eigenvalue weighted by molar-refractivity contribution is -0.137. The Morgan fingerprint density at radius 3 is 2.57 bits per heavy atom. The summed E-state index contributed by atoms with van der Waals surface area (Å²) >= 11 is 0. The van der Waals surface area contributed by atoms with Crippen LogP contribution in [0.25, 0.3) is 0 Å². The molecule has 2 rings (SSSR count). The van der Waals surface area contributed by atoms with Gasteiger partial charge in [-0.15, -0.1) is 0 Å². The number of rotatable bonds is 5. The lowest BCUT2D eigenvalue weighted by atomic mass is 9.89. The molecule has 1 heterocycles. The molecule has 1 aliphatic rings. The first-order chi connectivity index (χ1) is 10.9. The molecular formula is C20H32N2O. The highest BCUT2D eigenvalue weighted by atomic mass is 16.2. The largest absolute Gasteiger partial charge is 0.340 e. The van der Waals surface area contributed by atoms with E-state index < -0.39 is 0 Å². The maximum atomic E-state index is 12.6. The van der Waals surface area contributed by atoms with Crippen LogP contribution in [0, 0.1) is 5.41 Å². The maximum Gasteiger partial charge on any atom is 0.223 e. The summed E-state index contributed by atoms with van der Waals surface area (Å²) < 4.78 is 0. The maximum absolute atomic E-state index is 12.6. The molecule has 0 aromatic heterocycles. The summed E-state index contributed by atoms with van der Waals surface area (Å²) in [7, 11) is 0. The van der Waals surface area contributed by atoms with E-state index in [1.165, 1.54) is 5.56 Å². The molecule has 0 saturated carbocycles. The van der Waals surface area contributed by atoms with Crippen molar-refractivity contribution in [3.05, 3.63) is 35.9 Å². The Morgan fingerprint density at radius 1 is 1.26 bits per heavy atom. The number of nitrogens with one attached hydrogen (secondary N) is 1. The fourth-order valence-electron chi connectivity index (χ4n) is 3.37. The Balaban J connectivity index is 1.87. The van der Waals surface area contributed by atoms with Gasteiger partial charge in [-0.05, 0) is 30.2 Å². The Bertz CT molecular complexity index is 492. The number of likely N-dealkylation sites (tertiary alicyclic amines) is 1. The van der Waals surface area contributed by atoms with Gasteiger partial charge in [0.15, 0.2) is 0 Å². The Morgan fingerprint density at radius 2 is 1.96 bits per heavy atom. The van der Waals surface area contributed by atoms with E-state index in [2.05, 4.69) is 68.2 Å². The van der Waals surface area contributed by atoms with Gasteiger partial charge in [0.25, 0.3) is 0 Å². The van der Waals surface area contributed by atoms with E-state index in [0.717, 1.165) is 32.4 Å². The first-order valence-electron chi connectivity index (χ1n) is 8.96. The Kier molecular flexibility index (Phi) is 6.23. The Hall–Kier alpha value is -1.35. The molecule has 0 radical (unpaired) electrons. The monoisotopic (exact) mass is 316 g/mol. The quantitative estimate of drug-likeness (QED) is 0.891. The zero-order chi connectivity index (χ0) is 16.9. The smallest absolute Gasteiger partial charge is 0.223 e. The van der Waals surface area contributed by atoms with Crippen LogP contribution in [0.5, 0.6) is 0 Å². The van der Waals surface area contributed by atoms with Crippen LogP contribution in [0.4, 0.5) is 0 Å². The van der Waals surface area contributed by atoms with Crippen LogP contribution >= 0.6 is 0 Å². The molecule has 3 heteroatoms. The fourth-order valence-corrected chi connectivity index (χ4v) is 3.37. The molecule has 0 aliphatic carbocycles. The van der Waals surface area contributed by atoms with Gasteiger partial charge in [0.2, 0.25) is 5.91 Å². The summed E-state index contributed by atoms with van der Waals surface area (Å²) in [5, 5.41) is 3.67. The minimum atomic E-state index is 0.0672. The number of amides is 1. The summed E-state index contributed by atoms with van der Waals surface area (Å²) in [6.45, 7) is 10.4. The van der Waals surface area contributed by atoms with Crippen LogP contribution in [0.15, 0.2) is 30.3 Å². The first-order valence-corrected chi connectivity index (χ1v) is 8.96. The van der Waals surface area contributed by atoms with E-state index in [9.17, 15) is 4.79 Å². The molecule has 0 bridgehead atoms. The van der Waals surface area contributed by atoms with Crippen LogP contribution in [0.1, 0.15) is 58.9 Å². The van der Waals surface area contributed by atoms with Crippen molar-refractivity contribution in [3.8, 4) is 0 Å². The first kappa shape index (κ1) is 18.0. The number of nitrogens with zero attached hydrogens (tertiary/aromatic N) is 1. The standard InChI is InChI=1S/C20H32N2O/c1-5-18-13-17(21-15-16-9-7-6-8-10-16)11-12-22(18)19(23)14-20(2,3)4/h6-10,17-18,21H,5,11-15H2,1-4H3/t17?,18-/m1/s1. The number of carbonyl (C=O) groups excluding carboxylic acids is 1. The summed E-state index contributed by atoms with van der Waals surface area (Å²) in [5.74, 6) is 0.325. The van der Waals surface area contributed by atoms with E-state index >= 15 is 0 Å². The van der Waals surface area contributed by atoms with E-state index in [4.69, 9.17) is 0 Å². The molecule has 1 amide bonds. The van der Waals surface area contributed by atoms with Crippen molar-refractivity contribution in [2.45, 2.75) is 72.0 Å². The molecule has 1 aliphatic heterocycles. The molecule has 23 heavy (non-hydrogen) atoms. The molecule has 2 atom stereocenters. The molecule has 3 nitrogen and oxygen atoms in total. The SMILES string of the molecule is CC[C@@H]1CC(NCc2ccccc2)CCN1C(=O)CC(C)(C)C. The number of benzene rings is 1. The number of piperidine rings is 1. The second-order valence-corrected chi connectivity index (χ2v) is 7.97. The van der Waals surface area contributed by atoms with Crippen LogP contribution in [-0.4, -0.2) is 29.4 Å². The van der Waals surface area contributed by atoms with Crippen LogP contribution < -0.4 is 5.32 Å². The second-order valence-electron chi connectivity index (χ2n) is 7.97. The highest BCUT2D eigenvalue weighted by Crippen LogP contribution is 2.26. The van der Waals surface area contributed by atoms with Gasteiger partial charge in [0.05, 0.1) is 0 Å². The number of carbonyl (C=O) groups is 1. The lowest BCUT2D eigenvalue weighted by Crippen LogP contribution is -2.51. The molecule has 1 unspecified atom stereocenters. The zero-order valence-corrected chi connectivity index (χ0v) is 15.1. The minimum Gasteiger partial charge on any atom is -0.340 e. The van der Waals surface area contributed by atoms with Gasteiger partial charge in [0, 0.05) is 31.6 Å². The van der Waals surface area contributed by atoms with Crippen molar-refractivity contribution >= 4 is 5.91 Å². The molecule has 1 fully saturated rings. The van der Waals surface area contributed by atoms with Gasteiger partial charge in [-0.25, -0.2) is 0 Å². The van der Waals surface area contributed by atoms with Gasteiger partial charge < -0.3 is 10.2 Å². The highest BCUT2D eigenvalue weighted by Gasteiger charge is 2.31. The van der Waals surface area contributed by atoms with Crippen LogP contribution in [-0.2, 0) is 11.3 Å². The molecule has 1 N–H and O–H groups in total. The molecule has 1 aromatic carbocycles. The van der Waals surface area contributed by atoms with E-state index in [-0.39, 0.29) is 5.41 Å². The summed E-state index contributed by atoms with van der Waals surface area (Å²) in [6, 6.07) is 11.4. The van der Waals surface area contributed by atoms with Crippen molar-refractivity contribution in [1.82, 2.24) is 10.2 Å². The summed E-state index contributed by atoms with van der Waals surface area (Å²) in [4.78, 5) is 14.7. The third-order valence-corrected chi connectivity index (χ3v) is 4.63. The predicted octanol–water partition coefficient (Wildman–Crippen LogP) is 3.98. The third kappa shape index (κ3) is 5.65. The molecular weight excluding hydrogens is 284 g/mol. The van der Waals surface area contributed by atoms with Crippen molar-refractivity contribution in [3.63, 3.8) is 0 Å². The van der Waals surface area contributed by atoms with Crippen molar-refractivity contribution in [2.24, 2.45) is 5.41 Å². The number of hydrogen-bond donors (Lipinski definition) is 1. The predicted molar refractivity (Wildman–Crippen MR) is 96.2 cm³/mol. The zero-order valence-electron chi connectivity index (χ0n) is 15.1.